The Balaban J connectivity index is 2.70. The number of halogens is 2. The molecule has 0 bridgehead atoms. The molecular weight excluding hydrogens is 253 g/mol. The zero-order valence-electron chi connectivity index (χ0n) is 8.17. The summed E-state index contributed by atoms with van der Waals surface area (Å²) >= 11 is 11.9. The van der Waals surface area contributed by atoms with Crippen LogP contribution in [0.15, 0.2) is 15.7 Å². The van der Waals surface area contributed by atoms with Gasteiger partial charge in [0.15, 0.2) is 0 Å². The molecule has 2 atom stereocenters. The summed E-state index contributed by atoms with van der Waals surface area (Å²) in [6, 6.07) is 0.913. The molecule has 1 aliphatic carbocycles. The first-order valence-electron chi connectivity index (χ1n) is 4.75. The topological polar surface area (TPSA) is 70.2 Å². The molecule has 0 unspecified atom stereocenters. The largest absolute Gasteiger partial charge is 0.507 e. The van der Waals surface area contributed by atoms with Crippen molar-refractivity contribution in [1.82, 2.24) is 4.98 Å². The van der Waals surface area contributed by atoms with Crippen LogP contribution in [-0.2, 0) is 12.8 Å². The second kappa shape index (κ2) is 4.11. The monoisotopic (exact) mass is 261 g/mol. The van der Waals surface area contributed by atoms with Crippen LogP contribution in [0.3, 0.4) is 0 Å². The lowest BCUT2D eigenvalue weighted by Gasteiger charge is -2.23. The molecular formula is C10H9Cl2NO3. The summed E-state index contributed by atoms with van der Waals surface area (Å²) in [5.74, 6) is -0.201. The van der Waals surface area contributed by atoms with Gasteiger partial charge in [-0.3, -0.25) is 9.59 Å². The Labute approximate surface area is 101 Å². The fourth-order valence-corrected chi connectivity index (χ4v) is 2.24. The summed E-state index contributed by atoms with van der Waals surface area (Å²) in [6.45, 7) is 0. The minimum atomic E-state index is -0.774. The highest BCUT2D eigenvalue weighted by atomic mass is 35.5. The van der Waals surface area contributed by atoms with Crippen LogP contribution in [0.5, 0.6) is 5.75 Å². The highest BCUT2D eigenvalue weighted by molar-refractivity contribution is 6.30. The van der Waals surface area contributed by atoms with Crippen LogP contribution in [0, 0.1) is 0 Å². The molecule has 0 saturated heterocycles. The van der Waals surface area contributed by atoms with E-state index < -0.39 is 11.0 Å². The minimum Gasteiger partial charge on any atom is -0.507 e. The molecule has 86 valence electrons. The normalized spacial score (nSPS) is 23.9. The molecule has 0 spiro atoms. The molecule has 1 aliphatic rings. The van der Waals surface area contributed by atoms with E-state index in [9.17, 15) is 14.7 Å². The van der Waals surface area contributed by atoms with Gasteiger partial charge in [0.2, 0.25) is 5.43 Å². The number of hydrogen-bond donors (Lipinski definition) is 2. The van der Waals surface area contributed by atoms with Crippen molar-refractivity contribution in [2.75, 3.05) is 0 Å². The maximum absolute atomic E-state index is 11.3. The summed E-state index contributed by atoms with van der Waals surface area (Å²) < 4.78 is 0. The van der Waals surface area contributed by atoms with E-state index in [1.807, 2.05) is 0 Å². The first kappa shape index (κ1) is 11.5. The minimum absolute atomic E-state index is 0.201. The van der Waals surface area contributed by atoms with E-state index >= 15 is 0 Å². The molecule has 4 nitrogen and oxygen atoms in total. The highest BCUT2D eigenvalue weighted by Gasteiger charge is 2.27. The SMILES string of the molecule is O=c1cc(O)c2c([nH]c1=O)C[C@H](Cl)[C@@H](Cl)C2. The van der Waals surface area contributed by atoms with E-state index in [1.165, 1.54) is 0 Å². The smallest absolute Gasteiger partial charge is 0.296 e. The van der Waals surface area contributed by atoms with Crippen LogP contribution < -0.4 is 11.0 Å². The van der Waals surface area contributed by atoms with E-state index in [0.29, 0.717) is 24.1 Å². The molecule has 6 heteroatoms. The van der Waals surface area contributed by atoms with E-state index in [4.69, 9.17) is 23.2 Å². The summed E-state index contributed by atoms with van der Waals surface area (Å²) in [6.07, 6.45) is 0.670. The number of hydrogen-bond acceptors (Lipinski definition) is 3. The second-order valence-corrected chi connectivity index (χ2v) is 4.87. The number of aromatic hydroxyl groups is 1. The zero-order chi connectivity index (χ0) is 11.9. The third-order valence-corrected chi connectivity index (χ3v) is 3.67. The highest BCUT2D eigenvalue weighted by Crippen LogP contribution is 2.30. The van der Waals surface area contributed by atoms with Gasteiger partial charge in [0.25, 0.3) is 5.56 Å². The van der Waals surface area contributed by atoms with Crippen LogP contribution >= 0.6 is 23.2 Å². The number of alkyl halides is 2. The molecule has 0 fully saturated rings. The van der Waals surface area contributed by atoms with Crippen molar-refractivity contribution < 1.29 is 5.11 Å². The van der Waals surface area contributed by atoms with Crippen LogP contribution in [0.1, 0.15) is 11.3 Å². The van der Waals surface area contributed by atoms with Crippen molar-refractivity contribution in [1.29, 1.82) is 0 Å². The predicted molar refractivity (Wildman–Crippen MR) is 61.7 cm³/mol. The molecule has 1 aromatic rings. The van der Waals surface area contributed by atoms with Crippen molar-refractivity contribution in [3.05, 3.63) is 37.9 Å². The van der Waals surface area contributed by atoms with Crippen molar-refractivity contribution in [3.8, 4) is 5.75 Å². The number of nitrogens with one attached hydrogen (secondary N) is 1. The fraction of sp³-hybridized carbons (Fsp3) is 0.400. The molecule has 0 aromatic carbocycles. The van der Waals surface area contributed by atoms with Crippen molar-refractivity contribution in [2.24, 2.45) is 0 Å². The number of aromatic amines is 1. The lowest BCUT2D eigenvalue weighted by Crippen LogP contribution is -2.29. The molecule has 0 amide bonds. The quantitative estimate of drug-likeness (QED) is 0.535. The van der Waals surface area contributed by atoms with Gasteiger partial charge < -0.3 is 10.1 Å². The summed E-state index contributed by atoms with van der Waals surface area (Å²) in [4.78, 5) is 24.9. The summed E-state index contributed by atoms with van der Waals surface area (Å²) in [5.41, 5.74) is -0.546. The molecule has 2 rings (SSSR count). The number of H-pyrrole nitrogens is 1. The fourth-order valence-electron chi connectivity index (χ4n) is 1.75. The van der Waals surface area contributed by atoms with Gasteiger partial charge in [0.05, 0.1) is 10.8 Å². The molecule has 16 heavy (non-hydrogen) atoms. The van der Waals surface area contributed by atoms with Crippen LogP contribution in [0.4, 0.5) is 0 Å². The molecule has 1 heterocycles. The number of fused-ring (bicyclic) bond motifs is 1. The van der Waals surface area contributed by atoms with Crippen molar-refractivity contribution in [2.45, 2.75) is 23.6 Å². The van der Waals surface area contributed by atoms with Crippen LogP contribution in [-0.4, -0.2) is 20.8 Å². The van der Waals surface area contributed by atoms with Gasteiger partial charge in [-0.25, -0.2) is 0 Å². The van der Waals surface area contributed by atoms with Crippen LogP contribution in [0.2, 0.25) is 0 Å². The van der Waals surface area contributed by atoms with Gasteiger partial charge in [0.1, 0.15) is 5.75 Å². The Hall–Kier alpha value is -1.000. The Kier molecular flexibility index (Phi) is 2.95. The Morgan fingerprint density at radius 3 is 2.56 bits per heavy atom. The van der Waals surface area contributed by atoms with Gasteiger partial charge >= 0.3 is 0 Å². The molecule has 0 radical (unpaired) electrons. The Bertz CT molecular complexity index is 541. The lowest BCUT2D eigenvalue weighted by molar-refractivity contribution is 0.463. The zero-order valence-corrected chi connectivity index (χ0v) is 9.68. The number of rotatable bonds is 0. The standard InChI is InChI=1S/C10H9Cl2NO3/c11-5-1-4-7(2-6(5)12)13-10(16)9(15)3-8(4)14/h3,5-6,14H,1-2H2,(H,13,15,16)/t5-,6-/m0/s1. The van der Waals surface area contributed by atoms with E-state index in [0.717, 1.165) is 6.07 Å². The lowest BCUT2D eigenvalue weighted by atomic mass is 9.95. The van der Waals surface area contributed by atoms with Gasteiger partial charge in [0, 0.05) is 23.7 Å². The average molecular weight is 262 g/mol. The summed E-state index contributed by atoms with van der Waals surface area (Å²) in [7, 11) is 0. The molecule has 2 N–H and O–H groups in total. The summed E-state index contributed by atoms with van der Waals surface area (Å²) in [5, 5.41) is 9.03. The van der Waals surface area contributed by atoms with Crippen molar-refractivity contribution in [3.63, 3.8) is 0 Å². The van der Waals surface area contributed by atoms with Gasteiger partial charge in [-0.05, 0) is 6.42 Å². The number of aromatic nitrogens is 1. The average Bonchev–Trinajstić information content (AvgIpc) is 2.30. The Morgan fingerprint density at radius 2 is 1.88 bits per heavy atom. The predicted octanol–water partition coefficient (Wildman–Crippen LogP) is 0.754. The van der Waals surface area contributed by atoms with Crippen molar-refractivity contribution >= 4 is 23.2 Å². The van der Waals surface area contributed by atoms with Gasteiger partial charge in [-0.1, -0.05) is 0 Å². The maximum Gasteiger partial charge on any atom is 0.296 e. The molecule has 1 aromatic heterocycles. The maximum atomic E-state index is 11.3. The Morgan fingerprint density at radius 1 is 1.25 bits per heavy atom. The third kappa shape index (κ3) is 1.95. The van der Waals surface area contributed by atoms with Gasteiger partial charge in [-0.2, -0.15) is 0 Å². The van der Waals surface area contributed by atoms with Gasteiger partial charge in [-0.15, -0.1) is 23.2 Å². The first-order valence-corrected chi connectivity index (χ1v) is 5.63. The van der Waals surface area contributed by atoms with E-state index in [-0.39, 0.29) is 16.5 Å². The van der Waals surface area contributed by atoms with E-state index in [1.54, 1.807) is 0 Å². The molecule has 0 saturated carbocycles. The van der Waals surface area contributed by atoms with E-state index in [2.05, 4.69) is 4.98 Å². The second-order valence-electron chi connectivity index (χ2n) is 3.75. The third-order valence-electron chi connectivity index (χ3n) is 2.62. The van der Waals surface area contributed by atoms with Crippen LogP contribution in [0.25, 0.3) is 0 Å². The first-order chi connectivity index (χ1) is 7.49. The molecule has 0 aliphatic heterocycles.